The fraction of sp³-hybridized carbons (Fsp3) is 0.263. The van der Waals surface area contributed by atoms with Crippen LogP contribution in [0.2, 0.25) is 0 Å². The molecule has 0 aliphatic carbocycles. The summed E-state index contributed by atoms with van der Waals surface area (Å²) in [6.45, 7) is 1.46. The Labute approximate surface area is 150 Å². The number of esters is 1. The number of benzene rings is 2. The maximum atomic E-state index is 13.6. The molecular weight excluding hydrogens is 341 g/mol. The third-order valence-corrected chi connectivity index (χ3v) is 3.60. The summed E-state index contributed by atoms with van der Waals surface area (Å²) >= 11 is 0. The minimum Gasteiger partial charge on any atom is -0.497 e. The van der Waals surface area contributed by atoms with Crippen molar-refractivity contribution in [1.82, 2.24) is 0 Å². The lowest BCUT2D eigenvalue weighted by Crippen LogP contribution is -2.30. The Bertz CT molecular complexity index is 776. The number of amides is 1. The minimum absolute atomic E-state index is 0.0920. The van der Waals surface area contributed by atoms with E-state index >= 15 is 0 Å². The molecule has 0 unspecified atom stereocenters. The first kappa shape index (κ1) is 19.2. The standard InChI is InChI=1S/C19H20FNO5/c1-12(19(23)21-14-5-7-15(24-2)8-6-14)26-18(22)11-13-4-9-17(25-3)16(20)10-13/h4-10,12H,11H2,1-3H3,(H,21,23)/t12-/m0/s1. The minimum atomic E-state index is -0.993. The van der Waals surface area contributed by atoms with Crippen LogP contribution in [-0.2, 0) is 20.7 Å². The molecule has 7 heteroatoms. The van der Waals surface area contributed by atoms with Crippen molar-refractivity contribution in [2.24, 2.45) is 0 Å². The van der Waals surface area contributed by atoms with E-state index in [1.807, 2.05) is 0 Å². The number of hydrogen-bond acceptors (Lipinski definition) is 5. The van der Waals surface area contributed by atoms with Gasteiger partial charge in [0.1, 0.15) is 5.75 Å². The van der Waals surface area contributed by atoms with Crippen LogP contribution in [0.4, 0.5) is 10.1 Å². The molecule has 0 aliphatic heterocycles. The van der Waals surface area contributed by atoms with E-state index in [0.29, 0.717) is 17.0 Å². The highest BCUT2D eigenvalue weighted by atomic mass is 19.1. The summed E-state index contributed by atoms with van der Waals surface area (Å²) < 4.78 is 28.6. The first-order valence-electron chi connectivity index (χ1n) is 7.89. The van der Waals surface area contributed by atoms with E-state index in [1.54, 1.807) is 37.4 Å². The van der Waals surface area contributed by atoms with Crippen LogP contribution in [0.1, 0.15) is 12.5 Å². The Hall–Kier alpha value is -3.09. The van der Waals surface area contributed by atoms with Gasteiger partial charge in [-0.05, 0) is 48.9 Å². The number of carbonyl (C=O) groups excluding carboxylic acids is 2. The predicted molar refractivity (Wildman–Crippen MR) is 93.8 cm³/mol. The van der Waals surface area contributed by atoms with Gasteiger partial charge in [-0.25, -0.2) is 4.39 Å². The summed E-state index contributed by atoms with van der Waals surface area (Å²) in [6.07, 6.45) is -1.14. The fourth-order valence-electron chi connectivity index (χ4n) is 2.20. The van der Waals surface area contributed by atoms with E-state index in [4.69, 9.17) is 14.2 Å². The molecule has 0 aromatic heterocycles. The molecule has 2 aromatic carbocycles. The van der Waals surface area contributed by atoms with Gasteiger partial charge in [-0.1, -0.05) is 6.07 Å². The van der Waals surface area contributed by atoms with Crippen LogP contribution in [0.25, 0.3) is 0 Å². The number of halogens is 1. The molecule has 26 heavy (non-hydrogen) atoms. The highest BCUT2D eigenvalue weighted by Gasteiger charge is 2.18. The number of rotatable bonds is 7. The first-order valence-corrected chi connectivity index (χ1v) is 7.89. The average molecular weight is 361 g/mol. The molecule has 6 nitrogen and oxygen atoms in total. The summed E-state index contributed by atoms with van der Waals surface area (Å²) in [4.78, 5) is 24.1. The Morgan fingerprint density at radius 2 is 1.77 bits per heavy atom. The molecule has 0 fully saturated rings. The van der Waals surface area contributed by atoms with Gasteiger partial charge >= 0.3 is 5.97 Å². The summed E-state index contributed by atoms with van der Waals surface area (Å²) in [6, 6.07) is 10.9. The Balaban J connectivity index is 1.88. The molecule has 2 aromatic rings. The van der Waals surface area contributed by atoms with E-state index in [-0.39, 0.29) is 12.2 Å². The van der Waals surface area contributed by atoms with Crippen molar-refractivity contribution in [2.45, 2.75) is 19.4 Å². The zero-order chi connectivity index (χ0) is 19.1. The van der Waals surface area contributed by atoms with Crippen LogP contribution in [-0.4, -0.2) is 32.2 Å². The Morgan fingerprint density at radius 1 is 1.08 bits per heavy atom. The maximum absolute atomic E-state index is 13.6. The van der Waals surface area contributed by atoms with Gasteiger partial charge in [0.15, 0.2) is 17.7 Å². The quantitative estimate of drug-likeness (QED) is 0.768. The second-order valence-electron chi connectivity index (χ2n) is 5.50. The SMILES string of the molecule is COc1ccc(NC(=O)[C@H](C)OC(=O)Cc2ccc(OC)c(F)c2)cc1. The van der Waals surface area contributed by atoms with Crippen LogP contribution in [0.3, 0.4) is 0 Å². The summed E-state index contributed by atoms with van der Waals surface area (Å²) in [5.74, 6) is -0.914. The van der Waals surface area contributed by atoms with Crippen molar-refractivity contribution in [1.29, 1.82) is 0 Å². The number of ether oxygens (including phenoxy) is 3. The van der Waals surface area contributed by atoms with Crippen molar-refractivity contribution in [3.63, 3.8) is 0 Å². The smallest absolute Gasteiger partial charge is 0.311 e. The van der Waals surface area contributed by atoms with E-state index in [2.05, 4.69) is 5.32 Å². The maximum Gasteiger partial charge on any atom is 0.311 e. The van der Waals surface area contributed by atoms with Crippen LogP contribution >= 0.6 is 0 Å². The van der Waals surface area contributed by atoms with Crippen LogP contribution in [0.15, 0.2) is 42.5 Å². The monoisotopic (exact) mass is 361 g/mol. The van der Waals surface area contributed by atoms with Gasteiger partial charge < -0.3 is 19.5 Å². The molecule has 2 rings (SSSR count). The van der Waals surface area contributed by atoms with Crippen LogP contribution in [0.5, 0.6) is 11.5 Å². The van der Waals surface area contributed by atoms with Crippen LogP contribution < -0.4 is 14.8 Å². The van der Waals surface area contributed by atoms with E-state index in [0.717, 1.165) is 0 Å². The van der Waals surface area contributed by atoms with Gasteiger partial charge in [0.25, 0.3) is 5.91 Å². The topological polar surface area (TPSA) is 73.9 Å². The molecule has 0 saturated heterocycles. The van der Waals surface area contributed by atoms with Crippen molar-refractivity contribution in [3.05, 3.63) is 53.8 Å². The number of carbonyl (C=O) groups is 2. The van der Waals surface area contributed by atoms with Crippen molar-refractivity contribution in [2.75, 3.05) is 19.5 Å². The molecule has 0 bridgehead atoms. The summed E-state index contributed by atoms with van der Waals surface area (Å²) in [7, 11) is 2.90. The van der Waals surface area contributed by atoms with Gasteiger partial charge in [0, 0.05) is 5.69 Å². The normalized spacial score (nSPS) is 11.4. The Kier molecular flexibility index (Phi) is 6.54. The van der Waals surface area contributed by atoms with Crippen molar-refractivity contribution >= 4 is 17.6 Å². The van der Waals surface area contributed by atoms with E-state index in [9.17, 15) is 14.0 Å². The number of nitrogens with one attached hydrogen (secondary N) is 1. The lowest BCUT2D eigenvalue weighted by atomic mass is 10.1. The largest absolute Gasteiger partial charge is 0.497 e. The highest BCUT2D eigenvalue weighted by molar-refractivity contribution is 5.95. The lowest BCUT2D eigenvalue weighted by molar-refractivity contribution is -0.152. The van der Waals surface area contributed by atoms with E-state index in [1.165, 1.54) is 26.2 Å². The third-order valence-electron chi connectivity index (χ3n) is 3.60. The number of anilines is 1. The molecule has 0 saturated carbocycles. The molecule has 1 amide bonds. The molecule has 0 spiro atoms. The molecular formula is C19H20FNO5. The third kappa shape index (κ3) is 5.20. The molecule has 0 aliphatic rings. The van der Waals surface area contributed by atoms with Crippen LogP contribution in [0, 0.1) is 5.82 Å². The van der Waals surface area contributed by atoms with Gasteiger partial charge in [0.05, 0.1) is 20.6 Å². The highest BCUT2D eigenvalue weighted by Crippen LogP contribution is 2.18. The van der Waals surface area contributed by atoms with Crippen molar-refractivity contribution < 1.29 is 28.2 Å². The molecule has 1 atom stereocenters. The zero-order valence-corrected chi connectivity index (χ0v) is 14.7. The van der Waals surface area contributed by atoms with Gasteiger partial charge in [-0.2, -0.15) is 0 Å². The second kappa shape index (κ2) is 8.84. The number of methoxy groups -OCH3 is 2. The van der Waals surface area contributed by atoms with Gasteiger partial charge in [0.2, 0.25) is 0 Å². The van der Waals surface area contributed by atoms with Gasteiger partial charge in [-0.3, -0.25) is 9.59 Å². The fourth-order valence-corrected chi connectivity index (χ4v) is 2.20. The molecule has 0 radical (unpaired) electrons. The zero-order valence-electron chi connectivity index (χ0n) is 14.7. The molecule has 1 N–H and O–H groups in total. The van der Waals surface area contributed by atoms with E-state index < -0.39 is 23.8 Å². The predicted octanol–water partition coefficient (Wildman–Crippen LogP) is 2.96. The van der Waals surface area contributed by atoms with Gasteiger partial charge in [-0.15, -0.1) is 0 Å². The molecule has 138 valence electrons. The second-order valence-corrected chi connectivity index (χ2v) is 5.50. The summed E-state index contributed by atoms with van der Waals surface area (Å²) in [5.41, 5.74) is 0.979. The average Bonchev–Trinajstić information content (AvgIpc) is 2.62. The first-order chi connectivity index (χ1) is 12.4. The lowest BCUT2D eigenvalue weighted by Gasteiger charge is -2.14. The summed E-state index contributed by atoms with van der Waals surface area (Å²) in [5, 5.41) is 2.64. The number of hydrogen-bond donors (Lipinski definition) is 1. The molecule has 0 heterocycles. The Morgan fingerprint density at radius 3 is 2.35 bits per heavy atom. The van der Waals surface area contributed by atoms with Crippen molar-refractivity contribution in [3.8, 4) is 11.5 Å².